The Balaban J connectivity index is 2.10. The first-order chi connectivity index (χ1) is 6.72. The van der Waals surface area contributed by atoms with E-state index in [4.69, 9.17) is 4.74 Å². The van der Waals surface area contributed by atoms with Gasteiger partial charge in [0.15, 0.2) is 0 Å². The molecule has 2 unspecified atom stereocenters. The van der Waals surface area contributed by atoms with Crippen molar-refractivity contribution in [1.82, 2.24) is 5.32 Å². The van der Waals surface area contributed by atoms with Gasteiger partial charge in [-0.15, -0.1) is 0 Å². The molecule has 1 aliphatic carbocycles. The molecule has 2 atom stereocenters. The highest BCUT2D eigenvalue weighted by Gasteiger charge is 2.23. The van der Waals surface area contributed by atoms with Gasteiger partial charge in [-0.1, -0.05) is 20.8 Å². The molecule has 0 amide bonds. The molecule has 0 spiro atoms. The molecule has 0 radical (unpaired) electrons. The lowest BCUT2D eigenvalue weighted by molar-refractivity contribution is 0.00285. The summed E-state index contributed by atoms with van der Waals surface area (Å²) in [7, 11) is 0. The van der Waals surface area contributed by atoms with Crippen molar-refractivity contribution in [1.29, 1.82) is 0 Å². The van der Waals surface area contributed by atoms with E-state index in [2.05, 4.69) is 26.1 Å². The summed E-state index contributed by atoms with van der Waals surface area (Å²) in [6.45, 7) is 9.73. The van der Waals surface area contributed by atoms with Crippen molar-refractivity contribution in [2.45, 2.75) is 46.1 Å². The summed E-state index contributed by atoms with van der Waals surface area (Å²) in [5.74, 6) is 1.70. The molecule has 1 N–H and O–H groups in total. The van der Waals surface area contributed by atoms with E-state index in [-0.39, 0.29) is 0 Å². The highest BCUT2D eigenvalue weighted by Crippen LogP contribution is 2.30. The zero-order valence-corrected chi connectivity index (χ0v) is 9.88. The number of hydrogen-bond acceptors (Lipinski definition) is 2. The molecule has 0 aromatic carbocycles. The molecule has 0 aromatic heterocycles. The molecule has 84 valence electrons. The molecule has 1 saturated carbocycles. The van der Waals surface area contributed by atoms with E-state index < -0.39 is 0 Å². The Hall–Kier alpha value is -0.0800. The van der Waals surface area contributed by atoms with Crippen LogP contribution in [0.15, 0.2) is 0 Å². The van der Waals surface area contributed by atoms with Gasteiger partial charge >= 0.3 is 0 Å². The molecule has 1 rings (SSSR count). The second-order valence-corrected chi connectivity index (χ2v) is 4.76. The number of ether oxygens (including phenoxy) is 1. The third-order valence-electron chi connectivity index (χ3n) is 3.02. The van der Waals surface area contributed by atoms with E-state index in [1.165, 1.54) is 19.3 Å². The molecule has 14 heavy (non-hydrogen) atoms. The second kappa shape index (κ2) is 6.41. The standard InChI is InChI=1S/C12H25NO/c1-4-13-5-6-14-12-8-10(2)7-11(3)9-12/h10-13H,4-9H2,1-3H3. The van der Waals surface area contributed by atoms with Crippen LogP contribution in [0.25, 0.3) is 0 Å². The van der Waals surface area contributed by atoms with Crippen LogP contribution >= 0.6 is 0 Å². The van der Waals surface area contributed by atoms with Crippen molar-refractivity contribution in [3.8, 4) is 0 Å². The van der Waals surface area contributed by atoms with Crippen LogP contribution in [-0.2, 0) is 4.74 Å². The molecule has 2 nitrogen and oxygen atoms in total. The van der Waals surface area contributed by atoms with E-state index >= 15 is 0 Å². The van der Waals surface area contributed by atoms with Gasteiger partial charge in [0.2, 0.25) is 0 Å². The predicted octanol–water partition coefficient (Wildman–Crippen LogP) is 2.44. The van der Waals surface area contributed by atoms with Crippen molar-refractivity contribution in [3.05, 3.63) is 0 Å². The zero-order chi connectivity index (χ0) is 10.4. The van der Waals surface area contributed by atoms with Crippen molar-refractivity contribution in [2.24, 2.45) is 11.8 Å². The molecule has 1 aliphatic rings. The van der Waals surface area contributed by atoms with Gasteiger partial charge < -0.3 is 10.1 Å². The SMILES string of the molecule is CCNCCOC1CC(C)CC(C)C1. The summed E-state index contributed by atoms with van der Waals surface area (Å²) >= 11 is 0. The lowest BCUT2D eigenvalue weighted by atomic mass is 9.82. The lowest BCUT2D eigenvalue weighted by Gasteiger charge is -2.31. The van der Waals surface area contributed by atoms with Crippen molar-refractivity contribution >= 4 is 0 Å². The molecule has 0 aliphatic heterocycles. The predicted molar refractivity (Wildman–Crippen MR) is 60.5 cm³/mol. The van der Waals surface area contributed by atoms with Crippen LogP contribution in [0.1, 0.15) is 40.0 Å². The van der Waals surface area contributed by atoms with E-state index in [1.807, 2.05) is 0 Å². The first-order valence-electron chi connectivity index (χ1n) is 6.04. The largest absolute Gasteiger partial charge is 0.377 e. The summed E-state index contributed by atoms with van der Waals surface area (Å²) in [5.41, 5.74) is 0. The van der Waals surface area contributed by atoms with Gasteiger partial charge in [0.25, 0.3) is 0 Å². The van der Waals surface area contributed by atoms with Gasteiger partial charge in [0.1, 0.15) is 0 Å². The molecule has 0 aromatic rings. The molecular formula is C12H25NO. The van der Waals surface area contributed by atoms with Crippen LogP contribution in [0.4, 0.5) is 0 Å². The van der Waals surface area contributed by atoms with E-state index in [0.29, 0.717) is 6.10 Å². The number of hydrogen-bond donors (Lipinski definition) is 1. The third-order valence-corrected chi connectivity index (χ3v) is 3.02. The Bertz CT molecular complexity index is 139. The van der Waals surface area contributed by atoms with Crippen molar-refractivity contribution in [2.75, 3.05) is 19.7 Å². The first kappa shape index (κ1) is 12.0. The van der Waals surface area contributed by atoms with E-state index in [9.17, 15) is 0 Å². The first-order valence-corrected chi connectivity index (χ1v) is 6.04. The monoisotopic (exact) mass is 199 g/mol. The molecule has 0 saturated heterocycles. The minimum Gasteiger partial charge on any atom is -0.377 e. The summed E-state index contributed by atoms with van der Waals surface area (Å²) in [5, 5.41) is 3.29. The summed E-state index contributed by atoms with van der Waals surface area (Å²) in [4.78, 5) is 0. The van der Waals surface area contributed by atoms with Gasteiger partial charge in [-0.25, -0.2) is 0 Å². The van der Waals surface area contributed by atoms with Crippen molar-refractivity contribution < 1.29 is 4.74 Å². The van der Waals surface area contributed by atoms with Gasteiger partial charge in [-0.2, -0.15) is 0 Å². The Labute approximate surface area is 88.4 Å². The maximum Gasteiger partial charge on any atom is 0.0594 e. The molecule has 0 heterocycles. The fourth-order valence-electron chi connectivity index (χ4n) is 2.48. The van der Waals surface area contributed by atoms with Crippen LogP contribution in [-0.4, -0.2) is 25.8 Å². The smallest absolute Gasteiger partial charge is 0.0594 e. The highest BCUT2D eigenvalue weighted by molar-refractivity contribution is 4.75. The lowest BCUT2D eigenvalue weighted by Crippen LogP contribution is -2.29. The third kappa shape index (κ3) is 4.43. The zero-order valence-electron chi connectivity index (χ0n) is 9.88. The molecular weight excluding hydrogens is 174 g/mol. The highest BCUT2D eigenvalue weighted by atomic mass is 16.5. The Morgan fingerprint density at radius 2 is 1.79 bits per heavy atom. The van der Waals surface area contributed by atoms with Crippen molar-refractivity contribution in [3.63, 3.8) is 0 Å². The number of nitrogens with one attached hydrogen (secondary N) is 1. The maximum absolute atomic E-state index is 5.86. The fraction of sp³-hybridized carbons (Fsp3) is 1.00. The Kier molecular flexibility index (Phi) is 5.49. The summed E-state index contributed by atoms with van der Waals surface area (Å²) in [6.07, 6.45) is 4.42. The van der Waals surface area contributed by atoms with Crippen LogP contribution in [0.3, 0.4) is 0 Å². The number of likely N-dealkylation sites (N-methyl/N-ethyl adjacent to an activating group) is 1. The Morgan fingerprint density at radius 1 is 1.14 bits per heavy atom. The fourth-order valence-corrected chi connectivity index (χ4v) is 2.48. The van der Waals surface area contributed by atoms with Crippen LogP contribution < -0.4 is 5.32 Å². The van der Waals surface area contributed by atoms with Gasteiger partial charge in [0.05, 0.1) is 12.7 Å². The molecule has 1 fully saturated rings. The summed E-state index contributed by atoms with van der Waals surface area (Å²) < 4.78 is 5.86. The minimum absolute atomic E-state index is 0.521. The minimum atomic E-state index is 0.521. The molecule has 0 bridgehead atoms. The normalized spacial score (nSPS) is 33.2. The van der Waals surface area contributed by atoms with Gasteiger partial charge in [0, 0.05) is 6.54 Å². The quantitative estimate of drug-likeness (QED) is 0.687. The van der Waals surface area contributed by atoms with Gasteiger partial charge in [-0.3, -0.25) is 0 Å². The van der Waals surface area contributed by atoms with Crippen LogP contribution in [0.5, 0.6) is 0 Å². The summed E-state index contributed by atoms with van der Waals surface area (Å²) in [6, 6.07) is 0. The average Bonchev–Trinajstić information content (AvgIpc) is 2.11. The average molecular weight is 199 g/mol. The van der Waals surface area contributed by atoms with Crippen LogP contribution in [0, 0.1) is 11.8 Å². The van der Waals surface area contributed by atoms with E-state index in [0.717, 1.165) is 31.5 Å². The Morgan fingerprint density at radius 3 is 2.36 bits per heavy atom. The topological polar surface area (TPSA) is 21.3 Å². The van der Waals surface area contributed by atoms with E-state index in [1.54, 1.807) is 0 Å². The maximum atomic E-state index is 5.86. The van der Waals surface area contributed by atoms with Crippen LogP contribution in [0.2, 0.25) is 0 Å². The number of rotatable bonds is 5. The van der Waals surface area contributed by atoms with Gasteiger partial charge in [-0.05, 0) is 37.6 Å². The second-order valence-electron chi connectivity index (χ2n) is 4.76. The molecule has 2 heteroatoms.